The van der Waals surface area contributed by atoms with Crippen LogP contribution in [0, 0.1) is 0 Å². The van der Waals surface area contributed by atoms with Gasteiger partial charge in [0.2, 0.25) is 11.6 Å². The standard InChI is InChI=1S/C24H19N5O2/c1-28(2)16-13-11-15(12-14-16)25-21-22(29-20-10-6-5-9-19(20)26-27-29)24(31)18-8-4-3-7-17(18)23(21)30/h3-14,25H,1-2H3. The summed E-state index contributed by atoms with van der Waals surface area (Å²) in [4.78, 5) is 28.9. The number of carbonyl (C=O) groups excluding carboxylic acids is 2. The molecule has 0 amide bonds. The Morgan fingerprint density at radius 3 is 2.16 bits per heavy atom. The normalized spacial score (nSPS) is 13.5. The summed E-state index contributed by atoms with van der Waals surface area (Å²) < 4.78 is 1.45. The van der Waals surface area contributed by atoms with E-state index >= 15 is 0 Å². The van der Waals surface area contributed by atoms with Crippen LogP contribution in [0.4, 0.5) is 11.4 Å². The van der Waals surface area contributed by atoms with E-state index in [4.69, 9.17) is 0 Å². The quantitative estimate of drug-likeness (QED) is 0.551. The number of Topliss-reactive ketones (excluding diaryl/α,β-unsaturated/α-hetero) is 2. The molecule has 31 heavy (non-hydrogen) atoms. The minimum atomic E-state index is -0.279. The minimum absolute atomic E-state index is 0.161. The van der Waals surface area contributed by atoms with E-state index in [1.807, 2.05) is 67.5 Å². The highest BCUT2D eigenvalue weighted by Crippen LogP contribution is 2.31. The molecule has 0 bridgehead atoms. The van der Waals surface area contributed by atoms with Gasteiger partial charge in [0, 0.05) is 36.6 Å². The van der Waals surface area contributed by atoms with E-state index in [-0.39, 0.29) is 23.0 Å². The first-order valence-electron chi connectivity index (χ1n) is 9.82. The number of benzene rings is 3. The third-order valence-electron chi connectivity index (χ3n) is 5.31. The summed E-state index contributed by atoms with van der Waals surface area (Å²) in [5, 5.41) is 11.5. The SMILES string of the molecule is CN(C)c1ccc(NC2=C(n3nnc4ccccc43)C(=O)c3ccccc3C2=O)cc1. The van der Waals surface area contributed by atoms with Gasteiger partial charge in [0.15, 0.2) is 0 Å². The molecule has 0 saturated heterocycles. The number of allylic oxidation sites excluding steroid dienone is 2. The highest BCUT2D eigenvalue weighted by molar-refractivity contribution is 6.38. The van der Waals surface area contributed by atoms with Crippen molar-refractivity contribution in [3.63, 3.8) is 0 Å². The van der Waals surface area contributed by atoms with Crippen molar-refractivity contribution in [3.8, 4) is 0 Å². The van der Waals surface area contributed by atoms with Gasteiger partial charge in [-0.25, -0.2) is 4.68 Å². The number of para-hydroxylation sites is 1. The van der Waals surface area contributed by atoms with Crippen molar-refractivity contribution in [2.45, 2.75) is 0 Å². The average Bonchev–Trinajstić information content (AvgIpc) is 3.21. The van der Waals surface area contributed by atoms with Gasteiger partial charge in [0.25, 0.3) is 0 Å². The molecular formula is C24H19N5O2. The lowest BCUT2D eigenvalue weighted by atomic mass is 9.90. The fourth-order valence-corrected chi connectivity index (χ4v) is 3.70. The number of ketones is 2. The first-order chi connectivity index (χ1) is 15.0. The molecule has 4 aromatic rings. The predicted octanol–water partition coefficient (Wildman–Crippen LogP) is 3.86. The van der Waals surface area contributed by atoms with Crippen molar-refractivity contribution >= 4 is 39.7 Å². The van der Waals surface area contributed by atoms with Crippen molar-refractivity contribution in [2.24, 2.45) is 0 Å². The van der Waals surface area contributed by atoms with Gasteiger partial charge in [-0.1, -0.05) is 41.6 Å². The van der Waals surface area contributed by atoms with Crippen LogP contribution in [-0.2, 0) is 0 Å². The van der Waals surface area contributed by atoms with Gasteiger partial charge in [0.05, 0.1) is 5.52 Å². The number of hydrogen-bond acceptors (Lipinski definition) is 6. The lowest BCUT2D eigenvalue weighted by molar-refractivity contribution is 0.0988. The predicted molar refractivity (Wildman–Crippen MR) is 120 cm³/mol. The van der Waals surface area contributed by atoms with E-state index in [1.54, 1.807) is 24.3 Å². The Labute approximate surface area is 178 Å². The van der Waals surface area contributed by atoms with Gasteiger partial charge in [0.1, 0.15) is 16.9 Å². The maximum Gasteiger partial charge on any atom is 0.214 e. The largest absolute Gasteiger partial charge is 0.378 e. The van der Waals surface area contributed by atoms with E-state index in [2.05, 4.69) is 15.6 Å². The summed E-state index contributed by atoms with van der Waals surface area (Å²) >= 11 is 0. The minimum Gasteiger partial charge on any atom is -0.378 e. The molecule has 3 aromatic carbocycles. The number of anilines is 2. The number of hydrogen-bond donors (Lipinski definition) is 1. The van der Waals surface area contributed by atoms with E-state index < -0.39 is 0 Å². The monoisotopic (exact) mass is 409 g/mol. The molecule has 0 unspecified atom stereocenters. The summed E-state index contributed by atoms with van der Waals surface area (Å²) in [6.07, 6.45) is 0. The smallest absolute Gasteiger partial charge is 0.214 e. The van der Waals surface area contributed by atoms with Crippen LogP contribution in [0.2, 0.25) is 0 Å². The van der Waals surface area contributed by atoms with Gasteiger partial charge in [-0.3, -0.25) is 9.59 Å². The van der Waals surface area contributed by atoms with E-state index in [1.165, 1.54) is 4.68 Å². The molecule has 0 radical (unpaired) electrons. The number of rotatable bonds is 4. The van der Waals surface area contributed by atoms with Crippen LogP contribution in [0.5, 0.6) is 0 Å². The van der Waals surface area contributed by atoms with E-state index in [0.717, 1.165) is 5.69 Å². The Balaban J connectivity index is 1.70. The zero-order valence-corrected chi connectivity index (χ0v) is 17.0. The molecule has 0 fully saturated rings. The number of carbonyl (C=O) groups is 2. The lowest BCUT2D eigenvalue weighted by Crippen LogP contribution is -2.28. The fourth-order valence-electron chi connectivity index (χ4n) is 3.70. The van der Waals surface area contributed by atoms with Crippen molar-refractivity contribution < 1.29 is 9.59 Å². The summed E-state index contributed by atoms with van der Waals surface area (Å²) in [7, 11) is 3.91. The van der Waals surface area contributed by atoms with Crippen molar-refractivity contribution in [1.29, 1.82) is 0 Å². The number of fused-ring (bicyclic) bond motifs is 2. The fraction of sp³-hybridized carbons (Fsp3) is 0.0833. The van der Waals surface area contributed by atoms with Gasteiger partial charge >= 0.3 is 0 Å². The molecule has 1 aromatic heterocycles. The molecule has 1 heterocycles. The number of nitrogens with zero attached hydrogens (tertiary/aromatic N) is 4. The zero-order valence-electron chi connectivity index (χ0n) is 17.0. The van der Waals surface area contributed by atoms with Crippen molar-refractivity contribution in [1.82, 2.24) is 15.0 Å². The number of aromatic nitrogens is 3. The van der Waals surface area contributed by atoms with Crippen molar-refractivity contribution in [3.05, 3.63) is 89.6 Å². The molecule has 5 rings (SSSR count). The van der Waals surface area contributed by atoms with Crippen LogP contribution in [0.3, 0.4) is 0 Å². The number of nitrogens with one attached hydrogen (secondary N) is 1. The third kappa shape index (κ3) is 3.07. The van der Waals surface area contributed by atoms with Crippen LogP contribution < -0.4 is 10.2 Å². The highest BCUT2D eigenvalue weighted by Gasteiger charge is 2.34. The van der Waals surface area contributed by atoms with Gasteiger partial charge in [-0.05, 0) is 36.4 Å². The second kappa shape index (κ2) is 7.21. The van der Waals surface area contributed by atoms with Crippen LogP contribution in [0.15, 0.2) is 78.5 Å². The first-order valence-corrected chi connectivity index (χ1v) is 9.82. The Kier molecular flexibility index (Phi) is 4.36. The lowest BCUT2D eigenvalue weighted by Gasteiger charge is -2.22. The van der Waals surface area contributed by atoms with Crippen LogP contribution in [-0.4, -0.2) is 40.7 Å². The van der Waals surface area contributed by atoms with E-state index in [0.29, 0.717) is 27.8 Å². The second-order valence-electron chi connectivity index (χ2n) is 7.48. The summed E-state index contributed by atoms with van der Waals surface area (Å²) in [6, 6.07) is 21.8. The molecule has 1 aliphatic rings. The zero-order chi connectivity index (χ0) is 21.5. The first kappa shape index (κ1) is 18.7. The van der Waals surface area contributed by atoms with E-state index in [9.17, 15) is 9.59 Å². The molecule has 7 nitrogen and oxygen atoms in total. The summed E-state index contributed by atoms with van der Waals surface area (Å²) in [5.74, 6) is -0.542. The Bertz CT molecular complexity index is 1370. The summed E-state index contributed by atoms with van der Waals surface area (Å²) in [6.45, 7) is 0. The van der Waals surface area contributed by atoms with Gasteiger partial charge in [-0.2, -0.15) is 0 Å². The third-order valence-corrected chi connectivity index (χ3v) is 5.31. The maximum atomic E-state index is 13.5. The topological polar surface area (TPSA) is 80.1 Å². The summed E-state index contributed by atoms with van der Waals surface area (Å²) in [5.41, 5.74) is 4.08. The van der Waals surface area contributed by atoms with Crippen LogP contribution >= 0.6 is 0 Å². The molecule has 152 valence electrons. The van der Waals surface area contributed by atoms with Crippen molar-refractivity contribution in [2.75, 3.05) is 24.3 Å². The molecule has 1 N–H and O–H groups in total. The molecule has 1 aliphatic carbocycles. The Hall–Kier alpha value is -4.26. The molecule has 7 heteroatoms. The van der Waals surface area contributed by atoms with Crippen LogP contribution in [0.25, 0.3) is 16.7 Å². The molecule has 0 spiro atoms. The Morgan fingerprint density at radius 1 is 0.806 bits per heavy atom. The molecule has 0 aliphatic heterocycles. The maximum absolute atomic E-state index is 13.5. The second-order valence-corrected chi connectivity index (χ2v) is 7.48. The molecule has 0 saturated carbocycles. The Morgan fingerprint density at radius 2 is 1.45 bits per heavy atom. The van der Waals surface area contributed by atoms with Crippen LogP contribution in [0.1, 0.15) is 20.7 Å². The average molecular weight is 409 g/mol. The van der Waals surface area contributed by atoms with Gasteiger partial charge < -0.3 is 10.2 Å². The highest BCUT2D eigenvalue weighted by atomic mass is 16.1. The van der Waals surface area contributed by atoms with Gasteiger partial charge in [-0.15, -0.1) is 5.10 Å². The molecular weight excluding hydrogens is 390 g/mol. The molecule has 0 atom stereocenters.